The van der Waals surface area contributed by atoms with Crippen molar-refractivity contribution >= 4 is 13.9 Å². The topological polar surface area (TPSA) is 26.3 Å². The van der Waals surface area contributed by atoms with Crippen molar-refractivity contribution in [3.63, 3.8) is 0 Å². The highest BCUT2D eigenvalue weighted by Gasteiger charge is 2.77. The monoisotopic (exact) mass is 400 g/mol. The molecule has 3 aromatic carbocycles. The molecule has 0 spiro atoms. The lowest BCUT2D eigenvalue weighted by Gasteiger charge is -2.43. The Hall–Kier alpha value is -2.44. The van der Waals surface area contributed by atoms with Crippen LogP contribution in [0.2, 0.25) is 0 Å². The van der Waals surface area contributed by atoms with Gasteiger partial charge in [0.1, 0.15) is 0 Å². The van der Waals surface area contributed by atoms with Gasteiger partial charge in [0, 0.05) is 10.6 Å². The molecule has 3 atom stereocenters. The molecule has 2 aliphatic heterocycles. The molecule has 146 valence electrons. The number of rotatable bonds is 5. The number of hydrogen-bond acceptors (Lipinski definition) is 2. The van der Waals surface area contributed by atoms with Crippen LogP contribution in [0.1, 0.15) is 23.6 Å². The van der Waals surface area contributed by atoms with Gasteiger partial charge in [-0.2, -0.15) is 0 Å². The molecule has 3 unspecified atom stereocenters. The van der Waals surface area contributed by atoms with Crippen LogP contribution in [-0.4, -0.2) is 24.9 Å². The number of hydrogen-bond donors (Lipinski definition) is 0. The Morgan fingerprint density at radius 1 is 0.862 bits per heavy atom. The molecule has 2 fully saturated rings. The van der Waals surface area contributed by atoms with Crippen molar-refractivity contribution in [3.8, 4) is 0 Å². The van der Waals surface area contributed by atoms with Gasteiger partial charge in [-0.05, 0) is 35.9 Å². The van der Waals surface area contributed by atoms with Crippen LogP contribution in [0.4, 0.5) is 0 Å². The first-order valence-corrected chi connectivity index (χ1v) is 12.0. The lowest BCUT2D eigenvalue weighted by atomic mass is 9.58. The Morgan fingerprint density at radius 2 is 1.34 bits per heavy atom. The SMILES string of the molecule is CCOC(=O)C1CP2CC2(c2ccccc2)C1(c1ccccc1)c1ccccc1. The standard InChI is InChI=1S/C26H25O2P/c1-2-28-24(27)23-18-29-19-25(29,20-12-6-3-7-13-20)26(23,21-14-8-4-9-15-21)22-16-10-5-11-17-22/h3-17,23H,2,18-19H2,1H3. The molecule has 29 heavy (non-hydrogen) atoms. The Balaban J connectivity index is 1.82. The quantitative estimate of drug-likeness (QED) is 0.414. The van der Waals surface area contributed by atoms with Crippen LogP contribution < -0.4 is 0 Å². The predicted molar refractivity (Wildman–Crippen MR) is 119 cm³/mol. The summed E-state index contributed by atoms with van der Waals surface area (Å²) in [4.78, 5) is 13.3. The van der Waals surface area contributed by atoms with Gasteiger partial charge < -0.3 is 4.74 Å². The number of ether oxygens (including phenoxy) is 1. The molecule has 2 heterocycles. The largest absolute Gasteiger partial charge is 0.466 e. The number of fused-ring (bicyclic) bond motifs is 1. The Bertz CT molecular complexity index is 963. The average Bonchev–Trinajstić information content (AvgIpc) is 3.44. The zero-order valence-electron chi connectivity index (χ0n) is 16.6. The Morgan fingerprint density at radius 3 is 1.83 bits per heavy atom. The molecule has 0 saturated carbocycles. The van der Waals surface area contributed by atoms with Crippen LogP contribution in [0.3, 0.4) is 0 Å². The second kappa shape index (κ2) is 7.11. The Kier molecular flexibility index (Phi) is 4.56. The van der Waals surface area contributed by atoms with Crippen molar-refractivity contribution < 1.29 is 9.53 Å². The third kappa shape index (κ3) is 2.55. The summed E-state index contributed by atoms with van der Waals surface area (Å²) in [5.74, 6) is -0.211. The van der Waals surface area contributed by atoms with Crippen molar-refractivity contribution in [2.24, 2.45) is 5.92 Å². The van der Waals surface area contributed by atoms with Crippen LogP contribution in [0, 0.1) is 5.92 Å². The summed E-state index contributed by atoms with van der Waals surface area (Å²) in [6.45, 7) is 2.32. The second-order valence-corrected chi connectivity index (χ2v) is 10.5. The molecule has 3 heteroatoms. The smallest absolute Gasteiger partial charge is 0.310 e. The van der Waals surface area contributed by atoms with Gasteiger partial charge in [0.15, 0.2) is 0 Å². The summed E-state index contributed by atoms with van der Waals surface area (Å²) >= 11 is 0. The summed E-state index contributed by atoms with van der Waals surface area (Å²) < 4.78 is 5.65. The molecule has 0 bridgehead atoms. The predicted octanol–water partition coefficient (Wildman–Crippen LogP) is 5.56. The van der Waals surface area contributed by atoms with Crippen molar-refractivity contribution in [1.82, 2.24) is 0 Å². The Labute approximate surface area is 173 Å². The van der Waals surface area contributed by atoms with E-state index >= 15 is 0 Å². The summed E-state index contributed by atoms with van der Waals surface area (Å²) in [6, 6.07) is 32.2. The van der Waals surface area contributed by atoms with Crippen molar-refractivity contribution in [3.05, 3.63) is 108 Å². The molecular weight excluding hydrogens is 375 g/mol. The molecule has 0 aliphatic carbocycles. The van der Waals surface area contributed by atoms with E-state index in [1.165, 1.54) is 22.9 Å². The molecule has 3 aromatic rings. The lowest BCUT2D eigenvalue weighted by molar-refractivity contribution is -0.149. The molecule has 0 N–H and O–H groups in total. The minimum absolute atomic E-state index is 0.0102. The zero-order chi connectivity index (χ0) is 19.9. The van der Waals surface area contributed by atoms with Gasteiger partial charge in [-0.1, -0.05) is 98.9 Å². The number of benzene rings is 3. The van der Waals surface area contributed by atoms with Crippen molar-refractivity contribution in [2.75, 3.05) is 18.9 Å². The maximum Gasteiger partial charge on any atom is 0.310 e. The number of carbonyl (C=O) groups is 1. The number of esters is 1. The van der Waals surface area contributed by atoms with Crippen LogP contribution in [-0.2, 0) is 20.1 Å². The van der Waals surface area contributed by atoms with Gasteiger partial charge >= 0.3 is 5.97 Å². The van der Waals surface area contributed by atoms with Crippen LogP contribution >= 0.6 is 7.92 Å². The van der Waals surface area contributed by atoms with Gasteiger partial charge in [-0.15, -0.1) is 0 Å². The molecular formula is C26H25O2P. The molecule has 2 aliphatic rings. The first kappa shape index (κ1) is 18.6. The fourth-order valence-electron chi connectivity index (χ4n) is 5.64. The van der Waals surface area contributed by atoms with E-state index in [0.717, 1.165) is 6.16 Å². The third-order valence-corrected chi connectivity index (χ3v) is 9.84. The van der Waals surface area contributed by atoms with E-state index in [1.54, 1.807) is 0 Å². The molecule has 2 nitrogen and oxygen atoms in total. The van der Waals surface area contributed by atoms with Crippen molar-refractivity contribution in [1.29, 1.82) is 0 Å². The van der Waals surface area contributed by atoms with E-state index in [1.807, 2.05) is 6.92 Å². The van der Waals surface area contributed by atoms with E-state index in [0.29, 0.717) is 6.61 Å². The minimum Gasteiger partial charge on any atom is -0.466 e. The summed E-state index contributed by atoms with van der Waals surface area (Å²) in [6.07, 6.45) is 2.11. The van der Waals surface area contributed by atoms with E-state index in [9.17, 15) is 4.79 Å². The van der Waals surface area contributed by atoms with Gasteiger partial charge in [-0.3, -0.25) is 4.79 Å². The van der Waals surface area contributed by atoms with Gasteiger partial charge in [-0.25, -0.2) is 0 Å². The van der Waals surface area contributed by atoms with E-state index in [-0.39, 0.29) is 25.0 Å². The third-order valence-electron chi connectivity index (χ3n) is 6.71. The highest BCUT2D eigenvalue weighted by Crippen LogP contribution is 2.88. The molecule has 0 amide bonds. The van der Waals surface area contributed by atoms with Crippen molar-refractivity contribution in [2.45, 2.75) is 17.5 Å². The normalized spacial score (nSPS) is 26.5. The number of carbonyl (C=O) groups excluding carboxylic acids is 1. The summed E-state index contributed by atoms with van der Waals surface area (Å²) in [7, 11) is -0.277. The van der Waals surface area contributed by atoms with Crippen LogP contribution in [0.5, 0.6) is 0 Å². The molecule has 2 saturated heterocycles. The highest BCUT2D eigenvalue weighted by molar-refractivity contribution is 7.67. The minimum atomic E-state index is -0.394. The highest BCUT2D eigenvalue weighted by atomic mass is 31.1. The average molecular weight is 400 g/mol. The zero-order valence-corrected chi connectivity index (χ0v) is 17.5. The summed E-state index contributed by atoms with van der Waals surface area (Å²) in [5.41, 5.74) is 3.44. The maximum atomic E-state index is 13.3. The van der Waals surface area contributed by atoms with Gasteiger partial charge in [0.2, 0.25) is 0 Å². The molecule has 5 rings (SSSR count). The van der Waals surface area contributed by atoms with Crippen LogP contribution in [0.25, 0.3) is 0 Å². The second-order valence-electron chi connectivity index (χ2n) is 7.95. The van der Waals surface area contributed by atoms with E-state index < -0.39 is 5.41 Å². The maximum absolute atomic E-state index is 13.3. The molecule has 0 aromatic heterocycles. The van der Waals surface area contributed by atoms with E-state index in [4.69, 9.17) is 4.74 Å². The fourth-order valence-corrected chi connectivity index (χ4v) is 9.58. The fraction of sp³-hybridized carbons (Fsp3) is 0.269. The van der Waals surface area contributed by atoms with Crippen LogP contribution in [0.15, 0.2) is 91.0 Å². The van der Waals surface area contributed by atoms with Gasteiger partial charge in [0.25, 0.3) is 0 Å². The lowest BCUT2D eigenvalue weighted by Crippen LogP contribution is -2.49. The van der Waals surface area contributed by atoms with E-state index in [2.05, 4.69) is 91.0 Å². The molecule has 0 radical (unpaired) electrons. The first-order valence-electron chi connectivity index (χ1n) is 10.3. The van der Waals surface area contributed by atoms with Gasteiger partial charge in [0.05, 0.1) is 12.5 Å². The summed E-state index contributed by atoms with van der Waals surface area (Å²) in [5, 5.41) is -0.0102. The first-order chi connectivity index (χ1) is 14.2.